The van der Waals surface area contributed by atoms with Gasteiger partial charge in [-0.15, -0.1) is 0 Å². The molecule has 0 aliphatic carbocycles. The average molecular weight is 271 g/mol. The third-order valence-electron chi connectivity index (χ3n) is 2.99. The topological polar surface area (TPSA) is 45.4 Å². The van der Waals surface area contributed by atoms with E-state index in [9.17, 15) is 0 Å². The summed E-state index contributed by atoms with van der Waals surface area (Å²) in [7, 11) is 0. The van der Waals surface area contributed by atoms with Crippen molar-refractivity contribution in [3.8, 4) is 0 Å². The maximum Gasteiger partial charge on any atom is 0.118 e. The van der Waals surface area contributed by atoms with Crippen molar-refractivity contribution >= 4 is 11.8 Å². The highest BCUT2D eigenvalue weighted by Crippen LogP contribution is 2.22. The minimum absolute atomic E-state index is 0.136. The molecule has 0 fully saturated rings. The van der Waals surface area contributed by atoms with Crippen LogP contribution in [0.2, 0.25) is 0 Å². The Balaban J connectivity index is 2.50. The van der Waals surface area contributed by atoms with Crippen molar-refractivity contribution in [2.24, 2.45) is 5.41 Å². The summed E-state index contributed by atoms with van der Waals surface area (Å²) in [5.74, 6) is 2.90. The molecule has 0 spiro atoms. The van der Waals surface area contributed by atoms with Crippen LogP contribution in [0.5, 0.6) is 0 Å². The summed E-state index contributed by atoms with van der Waals surface area (Å²) in [6.07, 6.45) is 2.83. The van der Waals surface area contributed by atoms with Gasteiger partial charge in [-0.2, -0.15) is 11.8 Å². The van der Waals surface area contributed by atoms with Crippen LogP contribution in [0.1, 0.15) is 38.7 Å². The first kappa shape index (κ1) is 15.6. The Morgan fingerprint density at radius 1 is 1.33 bits per heavy atom. The van der Waals surface area contributed by atoms with Crippen LogP contribution in [-0.4, -0.2) is 24.0 Å². The molecule has 0 saturated heterocycles. The molecule has 1 rings (SSSR count). The zero-order chi connectivity index (χ0) is 13.6. The smallest absolute Gasteiger partial charge is 0.118 e. The van der Waals surface area contributed by atoms with Gasteiger partial charge in [-0.1, -0.05) is 20.8 Å². The van der Waals surface area contributed by atoms with Crippen LogP contribution in [0.3, 0.4) is 0 Å². The Morgan fingerprint density at radius 3 is 2.56 bits per heavy atom. The van der Waals surface area contributed by atoms with E-state index in [0.717, 1.165) is 30.2 Å². The minimum atomic E-state index is 0.136. The molecule has 1 heterocycles. The van der Waals surface area contributed by atoms with Gasteiger partial charge in [0.15, 0.2) is 0 Å². The van der Waals surface area contributed by atoms with E-state index in [1.54, 1.807) is 11.8 Å². The first-order valence-electron chi connectivity index (χ1n) is 6.38. The summed E-state index contributed by atoms with van der Waals surface area (Å²) < 4.78 is 5.72. The van der Waals surface area contributed by atoms with Crippen molar-refractivity contribution in [2.75, 3.05) is 12.9 Å². The second-order valence-corrected chi connectivity index (χ2v) is 6.48. The van der Waals surface area contributed by atoms with E-state index < -0.39 is 0 Å². The summed E-state index contributed by atoms with van der Waals surface area (Å²) >= 11 is 1.76. The zero-order valence-corrected chi connectivity index (χ0v) is 12.6. The highest BCUT2D eigenvalue weighted by atomic mass is 32.2. The minimum Gasteiger partial charge on any atom is -0.464 e. The van der Waals surface area contributed by atoms with Gasteiger partial charge in [0.1, 0.15) is 11.5 Å². The van der Waals surface area contributed by atoms with Crippen molar-refractivity contribution in [3.63, 3.8) is 0 Å². The average Bonchev–Trinajstić information content (AvgIpc) is 2.71. The van der Waals surface area contributed by atoms with E-state index >= 15 is 0 Å². The Hall–Kier alpha value is -0.450. The maximum absolute atomic E-state index is 9.11. The molecule has 0 saturated carbocycles. The van der Waals surface area contributed by atoms with Gasteiger partial charge in [0, 0.05) is 12.6 Å². The second-order valence-electron chi connectivity index (χ2n) is 5.61. The summed E-state index contributed by atoms with van der Waals surface area (Å²) in [5.41, 5.74) is 0.136. The number of rotatable bonds is 7. The number of hydrogen-bond acceptors (Lipinski definition) is 4. The SMILES string of the molecule is CSCc1ccc(CNC(CCO)C(C)(C)C)o1. The standard InChI is InChI=1S/C14H25NO2S/c1-14(2,3)13(7-8-16)15-9-11-5-6-12(17-11)10-18-4/h5-6,13,15-16H,7-10H2,1-4H3. The highest BCUT2D eigenvalue weighted by molar-refractivity contribution is 7.97. The van der Waals surface area contributed by atoms with Gasteiger partial charge in [0.2, 0.25) is 0 Å². The van der Waals surface area contributed by atoms with Gasteiger partial charge in [0.05, 0.1) is 12.3 Å². The molecule has 3 nitrogen and oxygen atoms in total. The molecule has 0 aromatic carbocycles. The van der Waals surface area contributed by atoms with Gasteiger partial charge >= 0.3 is 0 Å². The molecule has 1 atom stereocenters. The molecule has 1 unspecified atom stereocenters. The molecule has 0 aliphatic heterocycles. The van der Waals surface area contributed by atoms with E-state index in [2.05, 4.69) is 32.3 Å². The summed E-state index contributed by atoms with van der Waals surface area (Å²) in [4.78, 5) is 0. The van der Waals surface area contributed by atoms with Crippen LogP contribution in [0.15, 0.2) is 16.5 Å². The largest absolute Gasteiger partial charge is 0.464 e. The summed E-state index contributed by atoms with van der Waals surface area (Å²) in [6, 6.07) is 4.35. The van der Waals surface area contributed by atoms with Crippen LogP contribution in [0, 0.1) is 5.41 Å². The predicted molar refractivity (Wildman–Crippen MR) is 77.7 cm³/mol. The molecular weight excluding hydrogens is 246 g/mol. The lowest BCUT2D eigenvalue weighted by molar-refractivity contribution is 0.193. The quantitative estimate of drug-likeness (QED) is 0.800. The van der Waals surface area contributed by atoms with Gasteiger partial charge in [-0.25, -0.2) is 0 Å². The summed E-state index contributed by atoms with van der Waals surface area (Å²) in [6.45, 7) is 7.48. The molecular formula is C14H25NO2S. The van der Waals surface area contributed by atoms with Gasteiger partial charge in [-0.3, -0.25) is 0 Å². The Morgan fingerprint density at radius 2 is 2.00 bits per heavy atom. The highest BCUT2D eigenvalue weighted by Gasteiger charge is 2.23. The van der Waals surface area contributed by atoms with Crippen molar-refractivity contribution in [3.05, 3.63) is 23.7 Å². The Labute approximate surface area is 114 Å². The van der Waals surface area contributed by atoms with Crippen molar-refractivity contribution in [1.82, 2.24) is 5.32 Å². The lowest BCUT2D eigenvalue weighted by atomic mass is 9.85. The monoisotopic (exact) mass is 271 g/mol. The van der Waals surface area contributed by atoms with Crippen LogP contribution in [0.25, 0.3) is 0 Å². The first-order valence-corrected chi connectivity index (χ1v) is 7.77. The number of hydrogen-bond donors (Lipinski definition) is 2. The number of aliphatic hydroxyl groups is 1. The van der Waals surface area contributed by atoms with E-state index in [1.165, 1.54) is 0 Å². The second kappa shape index (κ2) is 7.22. The van der Waals surface area contributed by atoms with Crippen LogP contribution in [0.4, 0.5) is 0 Å². The van der Waals surface area contributed by atoms with Gasteiger partial charge < -0.3 is 14.8 Å². The zero-order valence-electron chi connectivity index (χ0n) is 11.8. The third-order valence-corrected chi connectivity index (χ3v) is 3.56. The van der Waals surface area contributed by atoms with Crippen molar-refractivity contribution in [1.29, 1.82) is 0 Å². The van der Waals surface area contributed by atoms with E-state index in [-0.39, 0.29) is 18.1 Å². The molecule has 0 aliphatic rings. The fourth-order valence-corrected chi connectivity index (χ4v) is 2.37. The molecule has 104 valence electrons. The van der Waals surface area contributed by atoms with Crippen molar-refractivity contribution in [2.45, 2.75) is 45.5 Å². The summed E-state index contributed by atoms with van der Waals surface area (Å²) in [5, 5.41) is 12.6. The van der Waals surface area contributed by atoms with Crippen molar-refractivity contribution < 1.29 is 9.52 Å². The fourth-order valence-electron chi connectivity index (χ4n) is 1.93. The molecule has 0 radical (unpaired) electrons. The number of nitrogens with one attached hydrogen (secondary N) is 1. The number of aliphatic hydroxyl groups excluding tert-OH is 1. The molecule has 2 N–H and O–H groups in total. The molecule has 1 aromatic rings. The van der Waals surface area contributed by atoms with Crippen LogP contribution >= 0.6 is 11.8 Å². The number of furan rings is 1. The lowest BCUT2D eigenvalue weighted by Gasteiger charge is -2.31. The van der Waals surface area contributed by atoms with E-state index in [4.69, 9.17) is 9.52 Å². The third kappa shape index (κ3) is 5.04. The van der Waals surface area contributed by atoms with Crippen LogP contribution < -0.4 is 5.32 Å². The lowest BCUT2D eigenvalue weighted by Crippen LogP contribution is -2.40. The first-order chi connectivity index (χ1) is 8.47. The normalized spacial score (nSPS) is 13.8. The molecule has 0 amide bonds. The number of thioether (sulfide) groups is 1. The van der Waals surface area contributed by atoms with Gasteiger partial charge in [-0.05, 0) is 30.2 Å². The Kier molecular flexibility index (Phi) is 6.26. The predicted octanol–water partition coefficient (Wildman–Crippen LogP) is 3.03. The molecule has 1 aromatic heterocycles. The van der Waals surface area contributed by atoms with Crippen LogP contribution in [-0.2, 0) is 12.3 Å². The molecule has 18 heavy (non-hydrogen) atoms. The maximum atomic E-state index is 9.11. The molecule has 4 heteroatoms. The van der Waals surface area contributed by atoms with Gasteiger partial charge in [0.25, 0.3) is 0 Å². The Bertz CT molecular complexity index is 344. The van der Waals surface area contributed by atoms with E-state index in [1.807, 2.05) is 12.1 Å². The molecule has 0 bridgehead atoms. The van der Waals surface area contributed by atoms with E-state index in [0.29, 0.717) is 0 Å². The fraction of sp³-hybridized carbons (Fsp3) is 0.714.